The van der Waals surface area contributed by atoms with Crippen LogP contribution >= 0.6 is 23.2 Å². The summed E-state index contributed by atoms with van der Waals surface area (Å²) in [7, 11) is 0. The summed E-state index contributed by atoms with van der Waals surface area (Å²) in [6.45, 7) is 4.45. The van der Waals surface area contributed by atoms with Crippen LogP contribution in [0.5, 0.6) is 0 Å². The lowest BCUT2D eigenvalue weighted by Gasteiger charge is -2.13. The molecule has 0 N–H and O–H groups in total. The van der Waals surface area contributed by atoms with Crippen molar-refractivity contribution in [2.24, 2.45) is 0 Å². The molecule has 0 spiro atoms. The Morgan fingerprint density at radius 2 is 2.20 bits per heavy atom. The summed E-state index contributed by atoms with van der Waals surface area (Å²) in [6.07, 6.45) is 3.75. The van der Waals surface area contributed by atoms with Gasteiger partial charge in [-0.2, -0.15) is 0 Å². The fraction of sp³-hybridized carbons (Fsp3) is 0.333. The van der Waals surface area contributed by atoms with E-state index in [9.17, 15) is 0 Å². The van der Waals surface area contributed by atoms with Crippen molar-refractivity contribution in [3.05, 3.63) is 46.5 Å². The lowest BCUT2D eigenvalue weighted by molar-refractivity contribution is 0.294. The van der Waals surface area contributed by atoms with Crippen LogP contribution in [-0.2, 0) is 10.3 Å². The highest BCUT2D eigenvalue weighted by Gasteiger charge is 2.46. The molecule has 1 saturated heterocycles. The Balaban J connectivity index is 2.25. The maximum Gasteiger partial charge on any atom is 0.118 e. The molecule has 2 rings (SSSR count). The van der Waals surface area contributed by atoms with Gasteiger partial charge in [0.25, 0.3) is 0 Å². The Bertz CT molecular complexity index is 383. The van der Waals surface area contributed by atoms with Crippen LogP contribution in [-0.4, -0.2) is 6.61 Å². The molecule has 1 atom stereocenters. The second-order valence-electron chi connectivity index (χ2n) is 3.73. The molecule has 0 aliphatic carbocycles. The molecule has 1 aromatic rings. The summed E-state index contributed by atoms with van der Waals surface area (Å²) in [5, 5.41) is 1.34. The Kier molecular flexibility index (Phi) is 3.06. The minimum Gasteiger partial charge on any atom is -0.364 e. The summed E-state index contributed by atoms with van der Waals surface area (Å²) in [6, 6.07) is 5.55. The minimum absolute atomic E-state index is 0.185. The topological polar surface area (TPSA) is 12.5 Å². The van der Waals surface area contributed by atoms with E-state index in [1.807, 2.05) is 18.2 Å². The van der Waals surface area contributed by atoms with E-state index in [0.29, 0.717) is 10.0 Å². The molecule has 80 valence electrons. The van der Waals surface area contributed by atoms with Gasteiger partial charge in [0.1, 0.15) is 5.60 Å². The quantitative estimate of drug-likeness (QED) is 0.570. The molecule has 0 radical (unpaired) electrons. The first-order valence-electron chi connectivity index (χ1n) is 4.88. The fourth-order valence-electron chi connectivity index (χ4n) is 1.72. The van der Waals surface area contributed by atoms with Gasteiger partial charge in [0.2, 0.25) is 0 Å². The SMILES string of the molecule is C=CCCC1(c2ccc(Cl)cc2Cl)CO1. The van der Waals surface area contributed by atoms with E-state index in [-0.39, 0.29) is 5.60 Å². The van der Waals surface area contributed by atoms with Crippen LogP contribution in [0.25, 0.3) is 0 Å². The zero-order chi connectivity index (χ0) is 10.9. The average Bonchev–Trinajstić information content (AvgIpc) is 2.96. The second kappa shape index (κ2) is 4.17. The first kappa shape index (κ1) is 11.0. The van der Waals surface area contributed by atoms with Crippen LogP contribution in [0.4, 0.5) is 0 Å². The molecule has 0 bridgehead atoms. The number of ether oxygens (including phenoxy) is 1. The first-order valence-corrected chi connectivity index (χ1v) is 5.64. The van der Waals surface area contributed by atoms with Crippen molar-refractivity contribution in [1.29, 1.82) is 0 Å². The van der Waals surface area contributed by atoms with E-state index in [4.69, 9.17) is 27.9 Å². The highest BCUT2D eigenvalue weighted by Crippen LogP contribution is 2.46. The molecule has 1 unspecified atom stereocenters. The van der Waals surface area contributed by atoms with Gasteiger partial charge in [0.05, 0.1) is 6.61 Å². The van der Waals surface area contributed by atoms with Gasteiger partial charge in [-0.25, -0.2) is 0 Å². The summed E-state index contributed by atoms with van der Waals surface area (Å²) >= 11 is 12.0. The van der Waals surface area contributed by atoms with Crippen molar-refractivity contribution >= 4 is 23.2 Å². The number of allylic oxidation sites excluding steroid dienone is 1. The van der Waals surface area contributed by atoms with Gasteiger partial charge in [-0.3, -0.25) is 0 Å². The van der Waals surface area contributed by atoms with Crippen molar-refractivity contribution in [2.75, 3.05) is 6.61 Å². The third-order valence-electron chi connectivity index (χ3n) is 2.67. The van der Waals surface area contributed by atoms with Gasteiger partial charge in [-0.1, -0.05) is 35.3 Å². The van der Waals surface area contributed by atoms with Crippen molar-refractivity contribution in [2.45, 2.75) is 18.4 Å². The van der Waals surface area contributed by atoms with Crippen molar-refractivity contribution in [1.82, 2.24) is 0 Å². The second-order valence-corrected chi connectivity index (χ2v) is 4.58. The van der Waals surface area contributed by atoms with Crippen molar-refractivity contribution < 1.29 is 4.74 Å². The lowest BCUT2D eigenvalue weighted by atomic mass is 9.95. The van der Waals surface area contributed by atoms with Crippen molar-refractivity contribution in [3.63, 3.8) is 0 Å². The van der Waals surface area contributed by atoms with Crippen LogP contribution < -0.4 is 0 Å². The Morgan fingerprint density at radius 3 is 2.73 bits per heavy atom. The van der Waals surface area contributed by atoms with E-state index in [0.717, 1.165) is 25.0 Å². The lowest BCUT2D eigenvalue weighted by Crippen LogP contribution is -2.08. The normalized spacial score (nSPS) is 23.9. The molecule has 0 saturated carbocycles. The molecule has 1 aromatic carbocycles. The summed E-state index contributed by atoms with van der Waals surface area (Å²) in [5.41, 5.74) is 0.853. The molecular formula is C12H12Cl2O. The summed E-state index contributed by atoms with van der Waals surface area (Å²) in [4.78, 5) is 0. The minimum atomic E-state index is -0.185. The van der Waals surface area contributed by atoms with Crippen LogP contribution in [0.3, 0.4) is 0 Å². The first-order chi connectivity index (χ1) is 7.18. The molecule has 1 fully saturated rings. The van der Waals surface area contributed by atoms with E-state index < -0.39 is 0 Å². The zero-order valence-electron chi connectivity index (χ0n) is 8.30. The van der Waals surface area contributed by atoms with Crippen LogP contribution in [0.15, 0.2) is 30.9 Å². The molecular weight excluding hydrogens is 231 g/mol. The molecule has 1 aliphatic rings. The number of hydrogen-bond acceptors (Lipinski definition) is 1. The summed E-state index contributed by atoms with van der Waals surface area (Å²) in [5.74, 6) is 0. The third kappa shape index (κ3) is 2.20. The number of rotatable bonds is 4. The molecule has 0 aromatic heterocycles. The molecule has 1 nitrogen and oxygen atoms in total. The number of hydrogen-bond donors (Lipinski definition) is 0. The van der Waals surface area contributed by atoms with Crippen molar-refractivity contribution in [3.8, 4) is 0 Å². The van der Waals surface area contributed by atoms with Gasteiger partial charge in [-0.05, 0) is 25.0 Å². The maximum atomic E-state index is 6.14. The standard InChI is InChI=1S/C12H12Cl2O/c1-2-3-6-12(8-15-12)10-5-4-9(13)7-11(10)14/h2,4-5,7H,1,3,6,8H2. The van der Waals surface area contributed by atoms with E-state index in [2.05, 4.69) is 6.58 Å². The Hall–Kier alpha value is -0.500. The Morgan fingerprint density at radius 1 is 1.47 bits per heavy atom. The van der Waals surface area contributed by atoms with Gasteiger partial charge < -0.3 is 4.74 Å². The average molecular weight is 243 g/mol. The molecule has 15 heavy (non-hydrogen) atoms. The predicted molar refractivity (Wildman–Crippen MR) is 63.5 cm³/mol. The summed E-state index contributed by atoms with van der Waals surface area (Å²) < 4.78 is 5.53. The van der Waals surface area contributed by atoms with E-state index in [1.165, 1.54) is 0 Å². The van der Waals surface area contributed by atoms with Gasteiger partial charge in [0.15, 0.2) is 0 Å². The highest BCUT2D eigenvalue weighted by molar-refractivity contribution is 6.35. The molecule has 3 heteroatoms. The van der Waals surface area contributed by atoms with Crippen LogP contribution in [0.1, 0.15) is 18.4 Å². The van der Waals surface area contributed by atoms with Gasteiger partial charge >= 0.3 is 0 Å². The molecule has 1 heterocycles. The smallest absolute Gasteiger partial charge is 0.118 e. The fourth-order valence-corrected chi connectivity index (χ4v) is 2.30. The zero-order valence-corrected chi connectivity index (χ0v) is 9.81. The number of epoxide rings is 1. The van der Waals surface area contributed by atoms with Crippen LogP contribution in [0.2, 0.25) is 10.0 Å². The van der Waals surface area contributed by atoms with Crippen LogP contribution in [0, 0.1) is 0 Å². The highest BCUT2D eigenvalue weighted by atomic mass is 35.5. The number of benzene rings is 1. The third-order valence-corrected chi connectivity index (χ3v) is 3.21. The monoisotopic (exact) mass is 242 g/mol. The van der Waals surface area contributed by atoms with E-state index >= 15 is 0 Å². The molecule has 1 aliphatic heterocycles. The Labute approximate surface area is 99.6 Å². The van der Waals surface area contributed by atoms with Gasteiger partial charge in [-0.15, -0.1) is 6.58 Å². The maximum absolute atomic E-state index is 6.14. The largest absolute Gasteiger partial charge is 0.364 e. The number of halogens is 2. The van der Waals surface area contributed by atoms with E-state index in [1.54, 1.807) is 6.07 Å². The van der Waals surface area contributed by atoms with Gasteiger partial charge in [0, 0.05) is 15.6 Å². The molecule has 0 amide bonds. The predicted octanol–water partition coefficient (Wildman–Crippen LogP) is 4.19.